The van der Waals surface area contributed by atoms with Gasteiger partial charge in [0.05, 0.1) is 32.0 Å². The van der Waals surface area contributed by atoms with E-state index in [-0.39, 0.29) is 18.4 Å². The summed E-state index contributed by atoms with van der Waals surface area (Å²) < 4.78 is 13.2. The van der Waals surface area contributed by atoms with Gasteiger partial charge in [-0.05, 0) is 17.7 Å². The summed E-state index contributed by atoms with van der Waals surface area (Å²) in [5, 5.41) is 0. The molecule has 0 spiro atoms. The summed E-state index contributed by atoms with van der Waals surface area (Å²) in [6, 6.07) is 5.53. The van der Waals surface area contributed by atoms with Gasteiger partial charge >= 0.3 is 0 Å². The van der Waals surface area contributed by atoms with Gasteiger partial charge in [-0.2, -0.15) is 0 Å². The number of hydrogen-bond acceptors (Lipinski definition) is 4. The number of ether oxygens (including phenoxy) is 2. The lowest BCUT2D eigenvalue weighted by atomic mass is 10.0. The number of hydrogen-bond donors (Lipinski definition) is 1. The lowest BCUT2D eigenvalue weighted by molar-refractivity contribution is -0.118. The van der Waals surface area contributed by atoms with Gasteiger partial charge in [0.1, 0.15) is 0 Å². The SMILES string of the molecule is NC(=O)C[C@H](c1ccc2c(c1)OCCCO2)n1ccnc1. The van der Waals surface area contributed by atoms with Crippen LogP contribution in [0.15, 0.2) is 36.9 Å². The van der Waals surface area contributed by atoms with Crippen molar-refractivity contribution < 1.29 is 14.3 Å². The molecule has 1 aliphatic rings. The molecule has 2 heterocycles. The summed E-state index contributed by atoms with van der Waals surface area (Å²) in [5.41, 5.74) is 6.31. The van der Waals surface area contributed by atoms with Gasteiger partial charge in [0.2, 0.25) is 5.91 Å². The van der Waals surface area contributed by atoms with Crippen molar-refractivity contribution in [2.24, 2.45) is 5.73 Å². The molecular formula is C15H17N3O3. The van der Waals surface area contributed by atoms with Crippen LogP contribution in [0, 0.1) is 0 Å². The van der Waals surface area contributed by atoms with Crippen molar-refractivity contribution in [2.45, 2.75) is 18.9 Å². The number of fused-ring (bicyclic) bond motifs is 1. The minimum Gasteiger partial charge on any atom is -0.490 e. The third-order valence-corrected chi connectivity index (χ3v) is 3.44. The average molecular weight is 287 g/mol. The second kappa shape index (κ2) is 5.87. The predicted octanol–water partition coefficient (Wildman–Crippen LogP) is 1.51. The first-order valence-corrected chi connectivity index (χ1v) is 6.89. The van der Waals surface area contributed by atoms with Crippen molar-refractivity contribution in [2.75, 3.05) is 13.2 Å². The maximum absolute atomic E-state index is 11.4. The number of benzene rings is 1. The molecule has 0 radical (unpaired) electrons. The molecule has 0 saturated carbocycles. The van der Waals surface area contributed by atoms with Crippen molar-refractivity contribution in [3.8, 4) is 11.5 Å². The zero-order valence-corrected chi connectivity index (χ0v) is 11.6. The molecule has 0 unspecified atom stereocenters. The molecular weight excluding hydrogens is 270 g/mol. The fraction of sp³-hybridized carbons (Fsp3) is 0.333. The standard InChI is InChI=1S/C15H17N3O3/c16-15(19)9-12(18-5-4-17-10-18)11-2-3-13-14(8-11)21-7-1-6-20-13/h2-5,8,10,12H,1,6-7,9H2,(H2,16,19)/t12-/m1/s1. The van der Waals surface area contributed by atoms with Crippen LogP contribution < -0.4 is 15.2 Å². The fourth-order valence-corrected chi connectivity index (χ4v) is 2.43. The Balaban J connectivity index is 1.95. The third-order valence-electron chi connectivity index (χ3n) is 3.44. The number of nitrogens with two attached hydrogens (primary N) is 1. The van der Waals surface area contributed by atoms with Crippen LogP contribution in [-0.4, -0.2) is 28.7 Å². The zero-order valence-electron chi connectivity index (χ0n) is 11.6. The van der Waals surface area contributed by atoms with E-state index in [2.05, 4.69) is 4.98 Å². The van der Waals surface area contributed by atoms with Crippen molar-refractivity contribution in [3.63, 3.8) is 0 Å². The minimum atomic E-state index is -0.360. The van der Waals surface area contributed by atoms with Gasteiger partial charge in [0, 0.05) is 18.8 Å². The van der Waals surface area contributed by atoms with Crippen molar-refractivity contribution in [3.05, 3.63) is 42.5 Å². The van der Waals surface area contributed by atoms with E-state index in [1.807, 2.05) is 29.0 Å². The molecule has 110 valence electrons. The molecule has 1 atom stereocenters. The Hall–Kier alpha value is -2.50. The first-order chi connectivity index (χ1) is 10.2. The van der Waals surface area contributed by atoms with E-state index in [0.29, 0.717) is 19.0 Å². The highest BCUT2D eigenvalue weighted by Crippen LogP contribution is 2.34. The molecule has 2 aromatic rings. The number of amides is 1. The zero-order chi connectivity index (χ0) is 14.7. The Labute approximate surface area is 122 Å². The van der Waals surface area contributed by atoms with Crippen LogP contribution in [0.4, 0.5) is 0 Å². The van der Waals surface area contributed by atoms with Crippen LogP contribution in [0.2, 0.25) is 0 Å². The number of carbonyl (C=O) groups excluding carboxylic acids is 1. The smallest absolute Gasteiger partial charge is 0.219 e. The van der Waals surface area contributed by atoms with Gasteiger partial charge in [-0.1, -0.05) is 6.07 Å². The van der Waals surface area contributed by atoms with Crippen LogP contribution in [0.1, 0.15) is 24.4 Å². The average Bonchev–Trinajstić information content (AvgIpc) is 2.89. The molecule has 6 heteroatoms. The normalized spacial score (nSPS) is 15.2. The van der Waals surface area contributed by atoms with Crippen molar-refractivity contribution >= 4 is 5.91 Å². The molecule has 21 heavy (non-hydrogen) atoms. The van der Waals surface area contributed by atoms with Crippen LogP contribution in [-0.2, 0) is 4.79 Å². The molecule has 1 aliphatic heterocycles. The maximum atomic E-state index is 11.4. The molecule has 2 N–H and O–H groups in total. The monoisotopic (exact) mass is 287 g/mol. The number of primary amides is 1. The molecule has 0 aliphatic carbocycles. The van der Waals surface area contributed by atoms with E-state index in [1.165, 1.54) is 0 Å². The number of aromatic nitrogens is 2. The second-order valence-electron chi connectivity index (χ2n) is 4.95. The highest BCUT2D eigenvalue weighted by Gasteiger charge is 2.19. The molecule has 6 nitrogen and oxygen atoms in total. The topological polar surface area (TPSA) is 79.4 Å². The quantitative estimate of drug-likeness (QED) is 0.924. The van der Waals surface area contributed by atoms with Crippen LogP contribution >= 0.6 is 0 Å². The molecule has 0 fully saturated rings. The highest BCUT2D eigenvalue weighted by atomic mass is 16.5. The molecule has 1 aromatic heterocycles. The van der Waals surface area contributed by atoms with Crippen LogP contribution in [0.25, 0.3) is 0 Å². The first kappa shape index (κ1) is 13.5. The van der Waals surface area contributed by atoms with E-state index < -0.39 is 0 Å². The number of nitrogens with zero attached hydrogens (tertiary/aromatic N) is 2. The Morgan fingerprint density at radius 1 is 1.33 bits per heavy atom. The minimum absolute atomic E-state index is 0.192. The van der Waals surface area contributed by atoms with E-state index >= 15 is 0 Å². The first-order valence-electron chi connectivity index (χ1n) is 6.89. The summed E-state index contributed by atoms with van der Waals surface area (Å²) >= 11 is 0. The van der Waals surface area contributed by atoms with Gasteiger partial charge < -0.3 is 19.8 Å². The molecule has 3 rings (SSSR count). The summed E-state index contributed by atoms with van der Waals surface area (Å²) in [5.74, 6) is 1.08. The van der Waals surface area contributed by atoms with Gasteiger partial charge in [-0.15, -0.1) is 0 Å². The van der Waals surface area contributed by atoms with E-state index in [0.717, 1.165) is 17.7 Å². The Kier molecular flexibility index (Phi) is 3.77. The van der Waals surface area contributed by atoms with E-state index in [1.54, 1.807) is 12.5 Å². The lowest BCUT2D eigenvalue weighted by Gasteiger charge is -2.19. The number of rotatable bonds is 4. The molecule has 1 amide bonds. The summed E-state index contributed by atoms with van der Waals surface area (Å²) in [4.78, 5) is 15.4. The Morgan fingerprint density at radius 3 is 2.86 bits per heavy atom. The van der Waals surface area contributed by atoms with Crippen molar-refractivity contribution in [1.29, 1.82) is 0 Å². The third kappa shape index (κ3) is 2.99. The number of imidazole rings is 1. The summed E-state index contributed by atoms with van der Waals surface area (Å²) in [7, 11) is 0. The Morgan fingerprint density at radius 2 is 2.14 bits per heavy atom. The van der Waals surface area contributed by atoms with E-state index in [9.17, 15) is 4.79 Å². The molecule has 1 aromatic carbocycles. The summed E-state index contributed by atoms with van der Waals surface area (Å²) in [6.45, 7) is 1.28. The predicted molar refractivity (Wildman–Crippen MR) is 76.2 cm³/mol. The van der Waals surface area contributed by atoms with Crippen molar-refractivity contribution in [1.82, 2.24) is 9.55 Å². The van der Waals surface area contributed by atoms with Crippen LogP contribution in [0.3, 0.4) is 0 Å². The molecule has 0 bridgehead atoms. The second-order valence-corrected chi connectivity index (χ2v) is 4.95. The van der Waals surface area contributed by atoms with Gasteiger partial charge in [-0.25, -0.2) is 4.98 Å². The van der Waals surface area contributed by atoms with Gasteiger partial charge in [0.25, 0.3) is 0 Å². The summed E-state index contributed by atoms with van der Waals surface area (Å²) in [6.07, 6.45) is 6.23. The fourth-order valence-electron chi connectivity index (χ4n) is 2.43. The highest BCUT2D eigenvalue weighted by molar-refractivity contribution is 5.74. The largest absolute Gasteiger partial charge is 0.490 e. The molecule has 0 saturated heterocycles. The van der Waals surface area contributed by atoms with E-state index in [4.69, 9.17) is 15.2 Å². The van der Waals surface area contributed by atoms with Gasteiger partial charge in [0.15, 0.2) is 11.5 Å². The number of carbonyl (C=O) groups is 1. The van der Waals surface area contributed by atoms with Gasteiger partial charge in [-0.3, -0.25) is 4.79 Å². The lowest BCUT2D eigenvalue weighted by Crippen LogP contribution is -2.19. The maximum Gasteiger partial charge on any atom is 0.219 e. The van der Waals surface area contributed by atoms with Crippen LogP contribution in [0.5, 0.6) is 11.5 Å². The Bertz CT molecular complexity index is 625.